The first-order valence-corrected chi connectivity index (χ1v) is 11.3. The average molecular weight is 471 g/mol. The van der Waals surface area contributed by atoms with Gasteiger partial charge in [-0.1, -0.05) is 12.1 Å². The molecule has 8 nitrogen and oxygen atoms in total. The summed E-state index contributed by atoms with van der Waals surface area (Å²) in [5, 5.41) is 12.9. The van der Waals surface area contributed by atoms with E-state index in [-0.39, 0.29) is 28.5 Å². The summed E-state index contributed by atoms with van der Waals surface area (Å²) in [7, 11) is -3.62. The highest BCUT2D eigenvalue weighted by atomic mass is 32.2. The highest BCUT2D eigenvalue weighted by Crippen LogP contribution is 2.33. The van der Waals surface area contributed by atoms with Gasteiger partial charge in [0.1, 0.15) is 6.54 Å². The number of aliphatic hydroxyl groups excluding tert-OH is 1. The number of carbonyl (C=O) groups excluding carboxylic acids is 1. The lowest BCUT2D eigenvalue weighted by molar-refractivity contribution is -0.146. The number of sulfone groups is 1. The summed E-state index contributed by atoms with van der Waals surface area (Å²) in [4.78, 5) is 14.7. The van der Waals surface area contributed by atoms with E-state index in [9.17, 15) is 31.5 Å². The second kappa shape index (κ2) is 8.79. The van der Waals surface area contributed by atoms with Crippen molar-refractivity contribution < 1.29 is 36.2 Å². The van der Waals surface area contributed by atoms with E-state index in [2.05, 4.69) is 10.1 Å². The number of benzene rings is 1. The zero-order chi connectivity index (χ0) is 23.7. The molecular weight excluding hydrogens is 451 g/mol. The van der Waals surface area contributed by atoms with Gasteiger partial charge in [0.05, 0.1) is 29.5 Å². The van der Waals surface area contributed by atoms with E-state index in [1.165, 1.54) is 18.2 Å². The molecule has 172 valence electrons. The van der Waals surface area contributed by atoms with Crippen molar-refractivity contribution >= 4 is 15.8 Å². The predicted octanol–water partition coefficient (Wildman–Crippen LogP) is 3.02. The molecule has 0 amide bonds. The van der Waals surface area contributed by atoms with Crippen LogP contribution in [0, 0.1) is 0 Å². The Hall–Kier alpha value is -3.12. The average Bonchev–Trinajstić information content (AvgIpc) is 3.34. The Balaban J connectivity index is 2.05. The summed E-state index contributed by atoms with van der Waals surface area (Å²) in [6, 6.07) is 8.27. The molecule has 2 aromatic heterocycles. The molecule has 0 aliphatic carbocycles. The van der Waals surface area contributed by atoms with Crippen molar-refractivity contribution in [1.82, 2.24) is 14.8 Å². The Kier molecular flexibility index (Phi) is 6.46. The molecule has 0 atom stereocenters. The number of aromatic amines is 1. The van der Waals surface area contributed by atoms with Crippen LogP contribution >= 0.6 is 0 Å². The molecule has 0 saturated carbocycles. The van der Waals surface area contributed by atoms with Gasteiger partial charge in [-0.15, -0.1) is 0 Å². The van der Waals surface area contributed by atoms with Crippen molar-refractivity contribution in [3.63, 3.8) is 0 Å². The van der Waals surface area contributed by atoms with Crippen LogP contribution in [0.25, 0.3) is 22.6 Å². The van der Waals surface area contributed by atoms with Crippen LogP contribution in [-0.4, -0.2) is 47.1 Å². The molecule has 1 aromatic carbocycles. The lowest BCUT2D eigenvalue weighted by Gasteiger charge is -2.08. The monoisotopic (exact) mass is 471 g/mol. The van der Waals surface area contributed by atoms with Gasteiger partial charge in [0.25, 0.3) is 0 Å². The molecule has 0 bridgehead atoms. The third-order valence-electron chi connectivity index (χ3n) is 4.56. The van der Waals surface area contributed by atoms with E-state index in [0.29, 0.717) is 11.3 Å². The van der Waals surface area contributed by atoms with E-state index in [0.717, 1.165) is 17.0 Å². The number of esters is 1. The summed E-state index contributed by atoms with van der Waals surface area (Å²) in [6.07, 6.45) is -3.70. The Morgan fingerprint density at radius 2 is 1.88 bits per heavy atom. The minimum absolute atomic E-state index is 0.00643. The van der Waals surface area contributed by atoms with Gasteiger partial charge in [0.2, 0.25) is 0 Å². The van der Waals surface area contributed by atoms with E-state index >= 15 is 0 Å². The number of hydrogen-bond acceptors (Lipinski definition) is 6. The van der Waals surface area contributed by atoms with Crippen LogP contribution in [0.4, 0.5) is 13.2 Å². The molecule has 0 spiro atoms. The molecule has 0 aliphatic heterocycles. The van der Waals surface area contributed by atoms with Crippen molar-refractivity contribution in [2.75, 3.05) is 12.9 Å². The highest BCUT2D eigenvalue weighted by molar-refractivity contribution is 7.90. The molecule has 32 heavy (non-hydrogen) atoms. The molecule has 0 radical (unpaired) electrons. The predicted molar refractivity (Wildman–Crippen MR) is 108 cm³/mol. The quantitative estimate of drug-likeness (QED) is 0.512. The number of H-pyrrole nitrogens is 1. The molecule has 2 heterocycles. The van der Waals surface area contributed by atoms with E-state index in [1.807, 2.05) is 0 Å². The van der Waals surface area contributed by atoms with Crippen molar-refractivity contribution in [3.05, 3.63) is 47.7 Å². The second-order valence-electron chi connectivity index (χ2n) is 6.91. The maximum absolute atomic E-state index is 13.2. The van der Waals surface area contributed by atoms with E-state index in [4.69, 9.17) is 4.74 Å². The van der Waals surface area contributed by atoms with E-state index in [1.54, 1.807) is 19.1 Å². The Morgan fingerprint density at radius 1 is 1.19 bits per heavy atom. The Labute approximate surface area is 181 Å². The van der Waals surface area contributed by atoms with Gasteiger partial charge in [0, 0.05) is 11.9 Å². The molecule has 0 unspecified atom stereocenters. The van der Waals surface area contributed by atoms with Gasteiger partial charge in [-0.05, 0) is 42.3 Å². The van der Waals surface area contributed by atoms with Crippen LogP contribution in [-0.2, 0) is 38.7 Å². The molecule has 3 aromatic rings. The Bertz CT molecular complexity index is 1250. The summed E-state index contributed by atoms with van der Waals surface area (Å²) >= 11 is 0. The fourth-order valence-corrected chi connectivity index (χ4v) is 4.08. The Morgan fingerprint density at radius 3 is 2.47 bits per heavy atom. The molecule has 2 N–H and O–H groups in total. The van der Waals surface area contributed by atoms with Gasteiger partial charge >= 0.3 is 12.1 Å². The highest BCUT2D eigenvalue weighted by Gasteiger charge is 2.35. The maximum Gasteiger partial charge on any atom is 0.435 e. The SMILES string of the molecule is CCOC(=O)Cn1nc(C(F)(F)F)cc1-c1ccc(-c2ccc(CO)c(S(C)(=O)=O)c2)[nH]1. The first-order valence-electron chi connectivity index (χ1n) is 9.38. The van der Waals surface area contributed by atoms with Crippen LogP contribution in [0.1, 0.15) is 18.2 Å². The van der Waals surface area contributed by atoms with Gasteiger partial charge in [0.15, 0.2) is 15.5 Å². The first kappa shape index (κ1) is 23.5. The van der Waals surface area contributed by atoms with Crippen LogP contribution in [0.15, 0.2) is 41.3 Å². The fraction of sp³-hybridized carbons (Fsp3) is 0.300. The molecule has 0 fully saturated rings. The number of aliphatic hydroxyl groups is 1. The van der Waals surface area contributed by atoms with Crippen molar-refractivity contribution in [3.8, 4) is 22.6 Å². The van der Waals surface area contributed by atoms with Crippen LogP contribution < -0.4 is 0 Å². The van der Waals surface area contributed by atoms with Crippen molar-refractivity contribution in [2.24, 2.45) is 0 Å². The number of nitrogens with zero attached hydrogens (tertiary/aromatic N) is 2. The number of alkyl halides is 3. The topological polar surface area (TPSA) is 114 Å². The fourth-order valence-electron chi connectivity index (χ4n) is 3.13. The summed E-state index contributed by atoms with van der Waals surface area (Å²) in [6.45, 7) is 0.663. The van der Waals surface area contributed by atoms with Gasteiger partial charge in [-0.2, -0.15) is 18.3 Å². The maximum atomic E-state index is 13.2. The number of carbonyl (C=O) groups is 1. The lowest BCUT2D eigenvalue weighted by atomic mass is 10.1. The van der Waals surface area contributed by atoms with E-state index < -0.39 is 40.8 Å². The van der Waals surface area contributed by atoms with Gasteiger partial charge in [-0.3, -0.25) is 9.48 Å². The summed E-state index contributed by atoms with van der Waals surface area (Å²) < 4.78 is 69.4. The molecule has 0 saturated heterocycles. The number of aromatic nitrogens is 3. The van der Waals surface area contributed by atoms with Crippen molar-refractivity contribution in [2.45, 2.75) is 31.1 Å². The summed E-state index contributed by atoms with van der Waals surface area (Å²) in [5.41, 5.74) is 0.171. The standard InChI is InChI=1S/C20H20F3N3O5S/c1-3-31-19(28)10-26-16(9-18(25-26)20(21,22)23)15-7-6-14(24-15)12-4-5-13(11-27)17(8-12)32(2,29)30/h4-9,24,27H,3,10-11H2,1-2H3. The van der Waals surface area contributed by atoms with Crippen molar-refractivity contribution in [1.29, 1.82) is 0 Å². The molecule has 0 aliphatic rings. The lowest BCUT2D eigenvalue weighted by Crippen LogP contribution is -2.16. The second-order valence-corrected chi connectivity index (χ2v) is 8.90. The van der Waals surface area contributed by atoms with Crippen LogP contribution in [0.3, 0.4) is 0 Å². The molecule has 12 heteroatoms. The number of ether oxygens (including phenoxy) is 1. The molecule has 3 rings (SSSR count). The summed E-state index contributed by atoms with van der Waals surface area (Å²) in [5.74, 6) is -0.741. The number of rotatable bonds is 7. The largest absolute Gasteiger partial charge is 0.465 e. The van der Waals surface area contributed by atoms with Crippen LogP contribution in [0.5, 0.6) is 0 Å². The van der Waals surface area contributed by atoms with Crippen LogP contribution in [0.2, 0.25) is 0 Å². The number of nitrogens with one attached hydrogen (secondary N) is 1. The third-order valence-corrected chi connectivity index (χ3v) is 5.74. The number of hydrogen-bond donors (Lipinski definition) is 2. The van der Waals surface area contributed by atoms with Gasteiger partial charge in [-0.25, -0.2) is 8.42 Å². The smallest absolute Gasteiger partial charge is 0.435 e. The zero-order valence-corrected chi connectivity index (χ0v) is 17.9. The normalized spacial score (nSPS) is 12.2. The van der Waals surface area contributed by atoms with Gasteiger partial charge < -0.3 is 14.8 Å². The molecular formula is C20H20F3N3O5S. The first-order chi connectivity index (χ1) is 14.9. The minimum Gasteiger partial charge on any atom is -0.465 e. The minimum atomic E-state index is -4.71. The zero-order valence-electron chi connectivity index (χ0n) is 17.1. The third kappa shape index (κ3) is 5.02. The number of halogens is 3.